The quantitative estimate of drug-likeness (QED) is 0.159. The number of rotatable bonds is 6. The molecule has 278 valence electrons. The van der Waals surface area contributed by atoms with E-state index < -0.39 is 0 Å². The normalized spacial score (nSPS) is 12.7. The van der Waals surface area contributed by atoms with Gasteiger partial charge in [0.1, 0.15) is 0 Å². The number of nitrogens with zero attached hydrogens (tertiary/aromatic N) is 3. The minimum atomic E-state index is -0.214. The zero-order valence-electron chi connectivity index (χ0n) is 32.9. The molecular formula is C56H39N3. The molecule has 1 aliphatic carbocycles. The van der Waals surface area contributed by atoms with Crippen molar-refractivity contribution in [3.63, 3.8) is 0 Å². The third-order valence-corrected chi connectivity index (χ3v) is 12.1. The first kappa shape index (κ1) is 34.7. The number of aromatic nitrogens is 3. The van der Waals surface area contributed by atoms with E-state index in [1.165, 1.54) is 71.6 Å². The van der Waals surface area contributed by atoms with Gasteiger partial charge >= 0.3 is 0 Å². The molecule has 0 amide bonds. The maximum absolute atomic E-state index is 4.96. The molecule has 1 aliphatic rings. The van der Waals surface area contributed by atoms with Crippen LogP contribution >= 0.6 is 0 Å². The number of hydrogen-bond acceptors (Lipinski definition) is 3. The lowest BCUT2D eigenvalue weighted by Crippen LogP contribution is -2.15. The maximum atomic E-state index is 4.96. The first-order chi connectivity index (χ1) is 29.0. The smallest absolute Gasteiger partial charge is 0.164 e. The first-order valence-electron chi connectivity index (χ1n) is 20.3. The molecule has 3 nitrogen and oxygen atoms in total. The molecule has 0 spiro atoms. The van der Waals surface area contributed by atoms with Crippen molar-refractivity contribution in [1.82, 2.24) is 15.0 Å². The van der Waals surface area contributed by atoms with Crippen LogP contribution in [0.3, 0.4) is 0 Å². The SMILES string of the molecule is CC1(C)c2cc(-c3ccc(-c4nc(-c5ccccc5)nc(-c5ccccc5)n4)cc3)ccc2-c2cc3c(-c4ccccc4)c4ccccc4c(-c4ccccc4)c3cc21. The van der Waals surface area contributed by atoms with Crippen LogP contribution < -0.4 is 0 Å². The molecule has 0 fully saturated rings. The lowest BCUT2D eigenvalue weighted by atomic mass is 9.79. The van der Waals surface area contributed by atoms with Crippen LogP contribution in [0.25, 0.3) is 100 Å². The van der Waals surface area contributed by atoms with Crippen LogP contribution in [-0.2, 0) is 5.41 Å². The highest BCUT2D eigenvalue weighted by atomic mass is 15.0. The van der Waals surface area contributed by atoms with Crippen molar-refractivity contribution < 1.29 is 0 Å². The summed E-state index contributed by atoms with van der Waals surface area (Å²) in [5, 5.41) is 5.10. The van der Waals surface area contributed by atoms with E-state index >= 15 is 0 Å². The number of fused-ring (bicyclic) bond motifs is 5. The number of hydrogen-bond donors (Lipinski definition) is 0. The van der Waals surface area contributed by atoms with Crippen LogP contribution in [0.2, 0.25) is 0 Å². The molecule has 0 saturated heterocycles. The van der Waals surface area contributed by atoms with Crippen LogP contribution in [0.15, 0.2) is 200 Å². The summed E-state index contributed by atoms with van der Waals surface area (Å²) in [4.78, 5) is 14.8. The molecule has 1 aromatic heterocycles. The van der Waals surface area contributed by atoms with Gasteiger partial charge in [0.05, 0.1) is 0 Å². The van der Waals surface area contributed by atoms with Gasteiger partial charge in [0, 0.05) is 22.1 Å². The van der Waals surface area contributed by atoms with E-state index in [0.717, 1.165) is 22.3 Å². The fourth-order valence-corrected chi connectivity index (χ4v) is 9.16. The Morgan fingerprint density at radius 2 is 0.661 bits per heavy atom. The van der Waals surface area contributed by atoms with Gasteiger partial charge in [0.25, 0.3) is 0 Å². The number of benzene rings is 9. The largest absolute Gasteiger partial charge is 0.208 e. The predicted molar refractivity (Wildman–Crippen MR) is 245 cm³/mol. The summed E-state index contributed by atoms with van der Waals surface area (Å²) in [5.41, 5.74) is 15.3. The van der Waals surface area contributed by atoms with Crippen molar-refractivity contribution in [2.24, 2.45) is 0 Å². The fourth-order valence-electron chi connectivity index (χ4n) is 9.16. The monoisotopic (exact) mass is 753 g/mol. The van der Waals surface area contributed by atoms with Crippen LogP contribution in [0.1, 0.15) is 25.0 Å². The lowest BCUT2D eigenvalue weighted by Gasteiger charge is -2.24. The summed E-state index contributed by atoms with van der Waals surface area (Å²) in [7, 11) is 0. The van der Waals surface area contributed by atoms with Gasteiger partial charge in [0.15, 0.2) is 17.5 Å². The summed E-state index contributed by atoms with van der Waals surface area (Å²) in [5.74, 6) is 1.97. The molecule has 59 heavy (non-hydrogen) atoms. The molecule has 0 atom stereocenters. The highest BCUT2D eigenvalue weighted by molar-refractivity contribution is 6.22. The molecule has 11 rings (SSSR count). The Kier molecular flexibility index (Phi) is 8.16. The summed E-state index contributed by atoms with van der Waals surface area (Å²) in [6.45, 7) is 4.76. The highest BCUT2D eigenvalue weighted by Gasteiger charge is 2.37. The van der Waals surface area contributed by atoms with Crippen molar-refractivity contribution in [3.8, 4) is 78.7 Å². The van der Waals surface area contributed by atoms with Gasteiger partial charge in [-0.2, -0.15) is 0 Å². The molecule has 1 heterocycles. The van der Waals surface area contributed by atoms with E-state index in [-0.39, 0.29) is 5.41 Å². The third-order valence-electron chi connectivity index (χ3n) is 12.1. The second kappa shape index (κ2) is 13.9. The predicted octanol–water partition coefficient (Wildman–Crippen LogP) is 14.5. The second-order valence-corrected chi connectivity index (χ2v) is 16.0. The van der Waals surface area contributed by atoms with E-state index in [2.05, 4.69) is 153 Å². The standard InChI is InChI=1S/C56H39N3/c1-56(2)49-33-42(36-27-29-41(30-28-36)55-58-53(39-21-11-5-12-22-39)57-54(59-55)40-23-13-6-14-24-40)31-32-43(49)46-34-47-48(35-50(46)56)52(38-19-9-4-10-20-38)45-26-16-15-25-44(45)51(47)37-17-7-3-8-18-37/h3-35H,1-2H3. The zero-order chi connectivity index (χ0) is 39.5. The van der Waals surface area contributed by atoms with E-state index in [1.807, 2.05) is 60.7 Å². The maximum Gasteiger partial charge on any atom is 0.164 e. The van der Waals surface area contributed by atoms with Gasteiger partial charge in [-0.15, -0.1) is 0 Å². The molecule has 0 unspecified atom stereocenters. The Morgan fingerprint density at radius 3 is 1.15 bits per heavy atom. The van der Waals surface area contributed by atoms with Crippen LogP contribution in [0, 0.1) is 0 Å². The van der Waals surface area contributed by atoms with Crippen molar-refractivity contribution in [3.05, 3.63) is 211 Å². The molecule has 3 heteroatoms. The van der Waals surface area contributed by atoms with Crippen molar-refractivity contribution in [2.75, 3.05) is 0 Å². The molecule has 0 saturated carbocycles. The molecule has 0 bridgehead atoms. The molecule has 0 N–H and O–H groups in total. The Hall–Kier alpha value is -7.49. The zero-order valence-corrected chi connectivity index (χ0v) is 32.9. The summed E-state index contributed by atoms with van der Waals surface area (Å²) in [6, 6.07) is 71.6. The van der Waals surface area contributed by atoms with Crippen molar-refractivity contribution in [1.29, 1.82) is 0 Å². The fraction of sp³-hybridized carbons (Fsp3) is 0.0536. The van der Waals surface area contributed by atoms with E-state index in [0.29, 0.717) is 17.5 Å². The molecule has 0 aliphatic heterocycles. The first-order valence-corrected chi connectivity index (χ1v) is 20.3. The molecular weight excluding hydrogens is 715 g/mol. The molecule has 9 aromatic carbocycles. The van der Waals surface area contributed by atoms with Gasteiger partial charge in [-0.3, -0.25) is 0 Å². The van der Waals surface area contributed by atoms with E-state index in [1.54, 1.807) is 0 Å². The summed E-state index contributed by atoms with van der Waals surface area (Å²) >= 11 is 0. The van der Waals surface area contributed by atoms with Gasteiger partial charge in [-0.25, -0.2) is 15.0 Å². The average Bonchev–Trinajstić information content (AvgIpc) is 3.52. The van der Waals surface area contributed by atoms with E-state index in [4.69, 9.17) is 15.0 Å². The Morgan fingerprint density at radius 1 is 0.288 bits per heavy atom. The van der Waals surface area contributed by atoms with Gasteiger partial charge < -0.3 is 0 Å². The summed E-state index contributed by atoms with van der Waals surface area (Å²) < 4.78 is 0. The Labute approximate surface area is 344 Å². The highest BCUT2D eigenvalue weighted by Crippen LogP contribution is 2.54. The summed E-state index contributed by atoms with van der Waals surface area (Å²) in [6.07, 6.45) is 0. The Bertz CT molecular complexity index is 3130. The van der Waals surface area contributed by atoms with Gasteiger partial charge in [-0.05, 0) is 95.4 Å². The van der Waals surface area contributed by atoms with Gasteiger partial charge in [0.2, 0.25) is 0 Å². The van der Waals surface area contributed by atoms with Crippen LogP contribution in [-0.4, -0.2) is 15.0 Å². The third kappa shape index (κ3) is 5.85. The molecule has 10 aromatic rings. The lowest BCUT2D eigenvalue weighted by molar-refractivity contribution is 0.661. The molecule has 0 radical (unpaired) electrons. The minimum Gasteiger partial charge on any atom is -0.208 e. The van der Waals surface area contributed by atoms with Crippen molar-refractivity contribution in [2.45, 2.75) is 19.3 Å². The second-order valence-electron chi connectivity index (χ2n) is 16.0. The minimum absolute atomic E-state index is 0.214. The topological polar surface area (TPSA) is 38.7 Å². The van der Waals surface area contributed by atoms with Gasteiger partial charge in [-0.1, -0.05) is 196 Å². The average molecular weight is 754 g/mol. The Balaban J connectivity index is 1.03. The van der Waals surface area contributed by atoms with Crippen LogP contribution in [0.4, 0.5) is 0 Å². The van der Waals surface area contributed by atoms with E-state index in [9.17, 15) is 0 Å². The van der Waals surface area contributed by atoms with Crippen molar-refractivity contribution >= 4 is 21.5 Å². The van der Waals surface area contributed by atoms with Crippen LogP contribution in [0.5, 0.6) is 0 Å².